The zero-order valence-electron chi connectivity index (χ0n) is 6.62. The number of hydrogen-bond donors (Lipinski definition) is 0. The van der Waals surface area contributed by atoms with E-state index >= 15 is 0 Å². The predicted molar refractivity (Wildman–Crippen MR) is 49.1 cm³/mol. The van der Waals surface area contributed by atoms with E-state index in [-0.39, 0.29) is 0 Å². The van der Waals surface area contributed by atoms with Crippen LogP contribution in [0.1, 0.15) is 11.3 Å². The molecule has 1 aromatic rings. The van der Waals surface area contributed by atoms with Crippen molar-refractivity contribution in [3.8, 4) is 0 Å². The summed E-state index contributed by atoms with van der Waals surface area (Å²) in [6, 6.07) is 3.67. The first-order valence-corrected chi connectivity index (χ1v) is 3.87. The number of carbonyl (C=O) groups excluding carboxylic acids is 1. The van der Waals surface area contributed by atoms with E-state index in [1.807, 2.05) is 19.1 Å². The number of allylic oxidation sites excluding steroid dienone is 1. The molecule has 0 unspecified atom stereocenters. The van der Waals surface area contributed by atoms with E-state index in [1.165, 1.54) is 6.08 Å². The summed E-state index contributed by atoms with van der Waals surface area (Å²) in [7, 11) is 0. The monoisotopic (exact) mass is 181 g/mol. The Hall–Kier alpha value is -1.15. The molecule has 0 amide bonds. The van der Waals surface area contributed by atoms with Gasteiger partial charge in [-0.2, -0.15) is 0 Å². The second kappa shape index (κ2) is 4.02. The van der Waals surface area contributed by atoms with E-state index in [2.05, 4.69) is 4.98 Å². The lowest BCUT2D eigenvalue weighted by molar-refractivity contribution is -0.104. The highest BCUT2D eigenvalue weighted by Crippen LogP contribution is 2.14. The maximum Gasteiger partial charge on any atom is 0.142 e. The van der Waals surface area contributed by atoms with Crippen LogP contribution in [0.5, 0.6) is 0 Å². The molecule has 0 aliphatic carbocycles. The number of nitrogens with zero attached hydrogens (tertiary/aromatic N) is 1. The minimum Gasteiger partial charge on any atom is -0.299 e. The fraction of sp³-hybridized carbons (Fsp3) is 0.111. The molecule has 12 heavy (non-hydrogen) atoms. The summed E-state index contributed by atoms with van der Waals surface area (Å²) in [5.41, 5.74) is 1.62. The normalized spacial score (nSPS) is 10.5. The van der Waals surface area contributed by atoms with E-state index in [4.69, 9.17) is 11.6 Å². The van der Waals surface area contributed by atoms with Crippen LogP contribution in [0.25, 0.3) is 6.08 Å². The van der Waals surface area contributed by atoms with E-state index in [1.54, 1.807) is 6.08 Å². The summed E-state index contributed by atoms with van der Waals surface area (Å²) >= 11 is 5.79. The molecule has 0 aromatic carbocycles. The topological polar surface area (TPSA) is 30.0 Å². The lowest BCUT2D eigenvalue weighted by atomic mass is 10.2. The van der Waals surface area contributed by atoms with Crippen molar-refractivity contribution >= 4 is 24.0 Å². The maximum atomic E-state index is 10.0. The average molecular weight is 182 g/mol. The average Bonchev–Trinajstić information content (AvgIpc) is 2.03. The molecule has 3 heteroatoms. The van der Waals surface area contributed by atoms with Gasteiger partial charge in [0.1, 0.15) is 11.4 Å². The Morgan fingerprint density at radius 2 is 2.25 bits per heavy atom. The Labute approximate surface area is 75.9 Å². The van der Waals surface area contributed by atoms with Gasteiger partial charge in [0.05, 0.1) is 0 Å². The minimum atomic E-state index is 0.424. The first kappa shape index (κ1) is 8.94. The van der Waals surface area contributed by atoms with Gasteiger partial charge in [-0.1, -0.05) is 17.7 Å². The number of rotatable bonds is 2. The Balaban J connectivity index is 3.01. The van der Waals surface area contributed by atoms with Crippen molar-refractivity contribution in [1.29, 1.82) is 0 Å². The lowest BCUT2D eigenvalue weighted by Gasteiger charge is -1.97. The quantitative estimate of drug-likeness (QED) is 0.398. The second-order valence-corrected chi connectivity index (χ2v) is 2.69. The van der Waals surface area contributed by atoms with Crippen LogP contribution in [0, 0.1) is 6.92 Å². The summed E-state index contributed by atoms with van der Waals surface area (Å²) in [6.45, 7) is 1.86. The number of aldehydes is 1. The molecule has 2 nitrogen and oxygen atoms in total. The van der Waals surface area contributed by atoms with Gasteiger partial charge in [0.25, 0.3) is 0 Å². The standard InChI is InChI=1S/C9H8ClNO/c1-7-4-5-8(3-2-6-12)9(10)11-7/h2-6H,1H3. The Morgan fingerprint density at radius 1 is 1.50 bits per heavy atom. The van der Waals surface area contributed by atoms with Crippen LogP contribution in [-0.4, -0.2) is 11.3 Å². The molecule has 0 aliphatic heterocycles. The van der Waals surface area contributed by atoms with E-state index in [9.17, 15) is 4.79 Å². The van der Waals surface area contributed by atoms with E-state index < -0.39 is 0 Å². The van der Waals surface area contributed by atoms with Gasteiger partial charge in [-0.25, -0.2) is 4.98 Å². The van der Waals surface area contributed by atoms with Gasteiger partial charge in [0.2, 0.25) is 0 Å². The summed E-state index contributed by atoms with van der Waals surface area (Å²) in [4.78, 5) is 14.0. The van der Waals surface area contributed by atoms with Crippen LogP contribution in [0.2, 0.25) is 5.15 Å². The first-order valence-electron chi connectivity index (χ1n) is 3.49. The third kappa shape index (κ3) is 2.17. The van der Waals surface area contributed by atoms with Crippen molar-refractivity contribution < 1.29 is 4.79 Å². The van der Waals surface area contributed by atoms with E-state index in [0.29, 0.717) is 11.4 Å². The Bertz CT molecular complexity index is 320. The van der Waals surface area contributed by atoms with Gasteiger partial charge in [-0.05, 0) is 25.1 Å². The molecular weight excluding hydrogens is 174 g/mol. The lowest BCUT2D eigenvalue weighted by Crippen LogP contribution is -1.84. The number of hydrogen-bond acceptors (Lipinski definition) is 2. The molecule has 1 aromatic heterocycles. The van der Waals surface area contributed by atoms with Crippen LogP contribution in [-0.2, 0) is 4.79 Å². The molecule has 0 saturated carbocycles. The van der Waals surface area contributed by atoms with Gasteiger partial charge in [-0.3, -0.25) is 4.79 Å². The zero-order valence-corrected chi connectivity index (χ0v) is 7.38. The van der Waals surface area contributed by atoms with Crippen molar-refractivity contribution in [2.24, 2.45) is 0 Å². The maximum absolute atomic E-state index is 10.0. The van der Waals surface area contributed by atoms with Gasteiger partial charge < -0.3 is 0 Å². The highest BCUT2D eigenvalue weighted by molar-refractivity contribution is 6.30. The second-order valence-electron chi connectivity index (χ2n) is 2.33. The highest BCUT2D eigenvalue weighted by Gasteiger charge is 1.96. The number of carbonyl (C=O) groups is 1. The molecule has 0 N–H and O–H groups in total. The smallest absolute Gasteiger partial charge is 0.142 e. The van der Waals surface area contributed by atoms with Crippen molar-refractivity contribution in [2.75, 3.05) is 0 Å². The molecule has 0 fully saturated rings. The molecule has 0 bridgehead atoms. The summed E-state index contributed by atoms with van der Waals surface area (Å²) in [5.74, 6) is 0. The summed E-state index contributed by atoms with van der Waals surface area (Å²) < 4.78 is 0. The van der Waals surface area contributed by atoms with Crippen LogP contribution >= 0.6 is 11.6 Å². The molecule has 0 aliphatic rings. The Morgan fingerprint density at radius 3 is 2.83 bits per heavy atom. The fourth-order valence-electron chi connectivity index (χ4n) is 0.803. The van der Waals surface area contributed by atoms with Gasteiger partial charge in [0, 0.05) is 11.3 Å². The van der Waals surface area contributed by atoms with Crippen molar-refractivity contribution in [3.63, 3.8) is 0 Å². The number of pyridine rings is 1. The highest BCUT2D eigenvalue weighted by atomic mass is 35.5. The predicted octanol–water partition coefficient (Wildman–Crippen LogP) is 2.26. The molecule has 0 radical (unpaired) electrons. The van der Waals surface area contributed by atoms with Gasteiger partial charge in [0.15, 0.2) is 0 Å². The third-order valence-electron chi connectivity index (χ3n) is 1.37. The number of aromatic nitrogens is 1. The van der Waals surface area contributed by atoms with Gasteiger partial charge in [-0.15, -0.1) is 0 Å². The SMILES string of the molecule is Cc1ccc(C=CC=O)c(Cl)n1. The van der Waals surface area contributed by atoms with Crippen LogP contribution in [0.15, 0.2) is 18.2 Å². The summed E-state index contributed by atoms with van der Waals surface area (Å²) in [5, 5.41) is 0.424. The molecule has 1 heterocycles. The van der Waals surface area contributed by atoms with Crippen molar-refractivity contribution in [3.05, 3.63) is 34.6 Å². The van der Waals surface area contributed by atoms with Crippen LogP contribution in [0.3, 0.4) is 0 Å². The van der Waals surface area contributed by atoms with Crippen molar-refractivity contribution in [2.45, 2.75) is 6.92 Å². The molecule has 0 atom stereocenters. The fourth-order valence-corrected chi connectivity index (χ4v) is 1.06. The van der Waals surface area contributed by atoms with Crippen LogP contribution in [0.4, 0.5) is 0 Å². The van der Waals surface area contributed by atoms with Crippen molar-refractivity contribution in [1.82, 2.24) is 4.98 Å². The van der Waals surface area contributed by atoms with Crippen LogP contribution < -0.4 is 0 Å². The number of aryl methyl sites for hydroxylation is 1. The minimum absolute atomic E-state index is 0.424. The molecular formula is C9H8ClNO. The molecule has 1 rings (SSSR count). The summed E-state index contributed by atoms with van der Waals surface area (Å²) in [6.07, 6.45) is 3.72. The Kier molecular flexibility index (Phi) is 3.00. The largest absolute Gasteiger partial charge is 0.299 e. The first-order chi connectivity index (χ1) is 5.74. The number of halogens is 1. The van der Waals surface area contributed by atoms with E-state index in [0.717, 1.165) is 11.3 Å². The third-order valence-corrected chi connectivity index (χ3v) is 1.67. The molecule has 0 saturated heterocycles. The van der Waals surface area contributed by atoms with Gasteiger partial charge >= 0.3 is 0 Å². The zero-order chi connectivity index (χ0) is 8.97. The molecule has 0 spiro atoms. The molecule has 62 valence electrons.